The lowest BCUT2D eigenvalue weighted by Gasteiger charge is -2.40. The van der Waals surface area contributed by atoms with Crippen LogP contribution in [0.4, 0.5) is 5.69 Å². The number of benzene rings is 1. The fraction of sp³-hybridized carbons (Fsp3) is 0.714. The van der Waals surface area contributed by atoms with E-state index in [1.807, 2.05) is 20.8 Å². The summed E-state index contributed by atoms with van der Waals surface area (Å²) in [5.74, 6) is 0.246. The van der Waals surface area contributed by atoms with Crippen LogP contribution < -0.4 is 10.1 Å². The van der Waals surface area contributed by atoms with Crippen LogP contribution in [-0.2, 0) is 25.0 Å². The van der Waals surface area contributed by atoms with Gasteiger partial charge in [-0.3, -0.25) is 9.05 Å². The van der Waals surface area contributed by atoms with E-state index >= 15 is 0 Å². The Hall–Kier alpha value is -1.27. The number of hydrogen-bond donors (Lipinski definition) is 6. The quantitative estimate of drug-likeness (QED) is 0.291. The topological polar surface area (TPSA) is 167 Å². The van der Waals surface area contributed by atoms with Crippen molar-refractivity contribution in [1.82, 2.24) is 0 Å². The summed E-state index contributed by atoms with van der Waals surface area (Å²) < 4.78 is 33.5. The van der Waals surface area contributed by atoms with Crippen LogP contribution in [0, 0.1) is 0 Å². The number of phosphoric acid groups is 1. The molecule has 2 rings (SSSR count). The maximum Gasteiger partial charge on any atom is 0.473 e. The second-order valence-electron chi connectivity index (χ2n) is 9.97. The van der Waals surface area contributed by atoms with E-state index in [2.05, 4.69) is 5.32 Å². The third-order valence-electron chi connectivity index (χ3n) is 4.43. The summed E-state index contributed by atoms with van der Waals surface area (Å²) >= 11 is 0. The van der Waals surface area contributed by atoms with E-state index in [1.165, 1.54) is 0 Å². The van der Waals surface area contributed by atoms with Crippen molar-refractivity contribution in [3.63, 3.8) is 0 Å². The Balaban J connectivity index is 2.24. The Morgan fingerprint density at radius 3 is 2.24 bits per heavy atom. The van der Waals surface area contributed by atoms with Crippen molar-refractivity contribution >= 4 is 13.5 Å². The van der Waals surface area contributed by atoms with E-state index in [0.717, 1.165) is 0 Å². The molecule has 0 bridgehead atoms. The lowest BCUT2D eigenvalue weighted by Crippen LogP contribution is -2.60. The van der Waals surface area contributed by atoms with Gasteiger partial charge in [-0.15, -0.1) is 0 Å². The molecule has 0 spiro atoms. The van der Waals surface area contributed by atoms with Gasteiger partial charge in [0.1, 0.15) is 30.2 Å². The Morgan fingerprint density at radius 1 is 1.06 bits per heavy atom. The molecule has 1 aromatic rings. The minimum Gasteiger partial charge on any atom is -0.460 e. The molecule has 1 heterocycles. The average molecular weight is 493 g/mol. The van der Waals surface area contributed by atoms with Gasteiger partial charge in [0.25, 0.3) is 0 Å². The molecule has 33 heavy (non-hydrogen) atoms. The molecular formula is C21H36NO10P. The number of rotatable bonds is 8. The van der Waals surface area contributed by atoms with Crippen LogP contribution in [0.15, 0.2) is 18.2 Å². The van der Waals surface area contributed by atoms with Gasteiger partial charge in [0.2, 0.25) is 6.29 Å². The van der Waals surface area contributed by atoms with Gasteiger partial charge in [0, 0.05) is 5.54 Å². The van der Waals surface area contributed by atoms with Gasteiger partial charge in [-0.2, -0.15) is 0 Å². The van der Waals surface area contributed by atoms with Gasteiger partial charge in [0.15, 0.2) is 0 Å². The molecule has 1 aliphatic heterocycles. The Bertz CT molecular complexity index is 835. The van der Waals surface area contributed by atoms with Crippen LogP contribution in [-0.4, -0.2) is 73.8 Å². The van der Waals surface area contributed by atoms with Crippen LogP contribution in [0.1, 0.15) is 47.1 Å². The monoisotopic (exact) mass is 493 g/mol. The molecule has 6 atom stereocenters. The standard InChI is InChI=1S/C21H36NO10P/c1-20(2,3)22-13-9-12(11-29-33(27,28)32-21(4,5)6)7-8-14(13)30-19-18(26)17(25)16(24)15(10-23)31-19/h7-9,15-19,22-26H,10-11H2,1-6H3,(H,27,28). The average Bonchev–Trinajstić information content (AvgIpc) is 2.65. The summed E-state index contributed by atoms with van der Waals surface area (Å²) in [4.78, 5) is 9.92. The number of aliphatic hydroxyl groups is 4. The molecule has 0 saturated carbocycles. The second-order valence-corrected chi connectivity index (χ2v) is 11.3. The van der Waals surface area contributed by atoms with Crippen LogP contribution >= 0.6 is 7.82 Å². The van der Waals surface area contributed by atoms with Crippen molar-refractivity contribution in [2.75, 3.05) is 11.9 Å². The molecule has 0 aliphatic carbocycles. The van der Waals surface area contributed by atoms with E-state index in [-0.39, 0.29) is 12.4 Å². The molecule has 6 N–H and O–H groups in total. The Morgan fingerprint density at radius 2 is 1.70 bits per heavy atom. The molecular weight excluding hydrogens is 457 g/mol. The third-order valence-corrected chi connectivity index (χ3v) is 5.66. The van der Waals surface area contributed by atoms with Gasteiger partial charge in [-0.05, 0) is 59.2 Å². The summed E-state index contributed by atoms with van der Waals surface area (Å²) in [6.45, 7) is 9.84. The maximum absolute atomic E-state index is 12.2. The van der Waals surface area contributed by atoms with Crippen LogP contribution in [0.2, 0.25) is 0 Å². The molecule has 0 radical (unpaired) electrons. The highest BCUT2D eigenvalue weighted by Crippen LogP contribution is 2.48. The van der Waals surface area contributed by atoms with Crippen molar-refractivity contribution in [1.29, 1.82) is 0 Å². The first kappa shape index (κ1) is 28.0. The molecule has 190 valence electrons. The first-order chi connectivity index (χ1) is 15.0. The smallest absolute Gasteiger partial charge is 0.460 e. The largest absolute Gasteiger partial charge is 0.473 e. The maximum atomic E-state index is 12.2. The normalized spacial score (nSPS) is 28.3. The Kier molecular flexibility index (Phi) is 8.95. The molecule has 6 unspecified atom stereocenters. The number of aliphatic hydroxyl groups excluding tert-OH is 4. The number of nitrogens with one attached hydrogen (secondary N) is 1. The zero-order valence-corrected chi connectivity index (χ0v) is 20.7. The number of anilines is 1. The first-order valence-corrected chi connectivity index (χ1v) is 12.1. The molecule has 11 nitrogen and oxygen atoms in total. The fourth-order valence-electron chi connectivity index (χ4n) is 3.09. The van der Waals surface area contributed by atoms with Crippen LogP contribution in [0.3, 0.4) is 0 Å². The van der Waals surface area contributed by atoms with Crippen molar-refractivity contribution in [2.24, 2.45) is 0 Å². The summed E-state index contributed by atoms with van der Waals surface area (Å²) in [7, 11) is -4.29. The number of ether oxygens (including phenoxy) is 2. The summed E-state index contributed by atoms with van der Waals surface area (Å²) in [6, 6.07) is 4.77. The van der Waals surface area contributed by atoms with E-state index in [1.54, 1.807) is 39.0 Å². The van der Waals surface area contributed by atoms with E-state index in [9.17, 15) is 29.9 Å². The Labute approximate surface area is 193 Å². The van der Waals surface area contributed by atoms with E-state index < -0.39 is 56.3 Å². The SMILES string of the molecule is CC(C)(C)Nc1cc(COP(=O)(O)OC(C)(C)C)ccc1OC1OC(CO)C(O)C(O)C1O. The van der Waals surface area contributed by atoms with Crippen molar-refractivity contribution in [3.05, 3.63) is 23.8 Å². The van der Waals surface area contributed by atoms with Gasteiger partial charge >= 0.3 is 7.82 Å². The van der Waals surface area contributed by atoms with Crippen LogP contribution in [0.25, 0.3) is 0 Å². The minimum absolute atomic E-state index is 0.219. The highest BCUT2D eigenvalue weighted by atomic mass is 31.2. The zero-order chi connectivity index (χ0) is 25.2. The van der Waals surface area contributed by atoms with E-state index in [0.29, 0.717) is 11.3 Å². The molecule has 12 heteroatoms. The number of phosphoric ester groups is 1. The van der Waals surface area contributed by atoms with E-state index in [4.69, 9.17) is 18.5 Å². The second kappa shape index (κ2) is 10.6. The molecule has 1 aliphatic rings. The minimum atomic E-state index is -4.29. The number of hydrogen-bond acceptors (Lipinski definition) is 10. The van der Waals surface area contributed by atoms with Gasteiger partial charge in [-0.25, -0.2) is 4.57 Å². The van der Waals surface area contributed by atoms with Crippen molar-refractivity contribution in [2.45, 2.75) is 90.0 Å². The van der Waals surface area contributed by atoms with Crippen LogP contribution in [0.5, 0.6) is 5.75 Å². The third kappa shape index (κ3) is 8.47. The predicted molar refractivity (Wildman–Crippen MR) is 120 cm³/mol. The predicted octanol–water partition coefficient (Wildman–Crippen LogP) is 1.51. The summed E-state index contributed by atoms with van der Waals surface area (Å²) in [5.41, 5.74) is -0.277. The molecule has 1 aromatic carbocycles. The van der Waals surface area contributed by atoms with Crippen molar-refractivity contribution < 1.29 is 48.4 Å². The summed E-state index contributed by atoms with van der Waals surface area (Å²) in [5, 5.41) is 42.8. The summed E-state index contributed by atoms with van der Waals surface area (Å²) in [6.07, 6.45) is -7.11. The molecule has 0 amide bonds. The lowest BCUT2D eigenvalue weighted by atomic mass is 9.99. The molecule has 1 fully saturated rings. The zero-order valence-electron chi connectivity index (χ0n) is 19.8. The van der Waals surface area contributed by atoms with Gasteiger partial charge < -0.3 is 40.1 Å². The van der Waals surface area contributed by atoms with Gasteiger partial charge in [-0.1, -0.05) is 6.07 Å². The molecule has 1 saturated heterocycles. The van der Waals surface area contributed by atoms with Gasteiger partial charge in [0.05, 0.1) is 24.5 Å². The highest BCUT2D eigenvalue weighted by molar-refractivity contribution is 7.47. The fourth-order valence-corrected chi connectivity index (χ4v) is 4.15. The highest BCUT2D eigenvalue weighted by Gasteiger charge is 2.45. The lowest BCUT2D eigenvalue weighted by molar-refractivity contribution is -0.277. The molecule has 0 aromatic heterocycles. The first-order valence-electron chi connectivity index (χ1n) is 10.6. The van der Waals surface area contributed by atoms with Crippen molar-refractivity contribution in [3.8, 4) is 5.75 Å².